The molecule has 0 unspecified atom stereocenters. The maximum absolute atomic E-state index is 11.8. The van der Waals surface area contributed by atoms with Crippen LogP contribution in [0.15, 0.2) is 0 Å². The normalized spacial score (nSPS) is 24.1. The first kappa shape index (κ1) is 14.8. The van der Waals surface area contributed by atoms with Crippen LogP contribution in [0.25, 0.3) is 0 Å². The zero-order chi connectivity index (χ0) is 13.6. The standard InChI is InChI=1S/C14H26N2O3/c1-14(4-8-19-9-5-14)11-15-10-13(17)16-12-2-6-18-7-3-12/h12,15H,2-11H2,1H3,(H,16,17). The van der Waals surface area contributed by atoms with Crippen LogP contribution in [0.2, 0.25) is 0 Å². The maximum atomic E-state index is 11.8. The van der Waals surface area contributed by atoms with Gasteiger partial charge in [-0.3, -0.25) is 4.79 Å². The SMILES string of the molecule is CC1(CNCC(=O)NC2CCOCC2)CCOCC1. The summed E-state index contributed by atoms with van der Waals surface area (Å²) in [6.07, 6.45) is 4.00. The largest absolute Gasteiger partial charge is 0.381 e. The Labute approximate surface area is 115 Å². The first-order valence-electron chi connectivity index (χ1n) is 7.34. The van der Waals surface area contributed by atoms with Crippen molar-refractivity contribution in [3.63, 3.8) is 0 Å². The third-order valence-electron chi connectivity index (χ3n) is 4.12. The molecule has 5 nitrogen and oxygen atoms in total. The van der Waals surface area contributed by atoms with E-state index in [1.165, 1.54) is 0 Å². The van der Waals surface area contributed by atoms with Crippen molar-refractivity contribution in [2.24, 2.45) is 5.41 Å². The van der Waals surface area contributed by atoms with Crippen LogP contribution < -0.4 is 10.6 Å². The molecular weight excluding hydrogens is 244 g/mol. The molecule has 2 aliphatic rings. The number of rotatable bonds is 5. The fourth-order valence-corrected chi connectivity index (χ4v) is 2.64. The fraction of sp³-hybridized carbons (Fsp3) is 0.929. The van der Waals surface area contributed by atoms with E-state index >= 15 is 0 Å². The molecule has 0 atom stereocenters. The van der Waals surface area contributed by atoms with Crippen molar-refractivity contribution in [2.75, 3.05) is 39.5 Å². The Morgan fingerprint density at radius 1 is 1.16 bits per heavy atom. The number of carbonyl (C=O) groups excluding carboxylic acids is 1. The highest BCUT2D eigenvalue weighted by molar-refractivity contribution is 5.78. The minimum Gasteiger partial charge on any atom is -0.381 e. The van der Waals surface area contributed by atoms with Gasteiger partial charge in [0.2, 0.25) is 5.91 Å². The molecule has 2 aliphatic heterocycles. The van der Waals surface area contributed by atoms with E-state index in [0.29, 0.717) is 12.6 Å². The van der Waals surface area contributed by atoms with E-state index in [0.717, 1.165) is 58.7 Å². The van der Waals surface area contributed by atoms with Crippen LogP contribution in [0.1, 0.15) is 32.6 Å². The predicted molar refractivity (Wildman–Crippen MR) is 73.0 cm³/mol. The smallest absolute Gasteiger partial charge is 0.234 e. The zero-order valence-corrected chi connectivity index (χ0v) is 11.9. The molecule has 2 rings (SSSR count). The van der Waals surface area contributed by atoms with Crippen LogP contribution in [0.3, 0.4) is 0 Å². The highest BCUT2D eigenvalue weighted by Gasteiger charge is 2.27. The van der Waals surface area contributed by atoms with E-state index in [2.05, 4.69) is 17.6 Å². The summed E-state index contributed by atoms with van der Waals surface area (Å²) in [7, 11) is 0. The van der Waals surface area contributed by atoms with Gasteiger partial charge in [0.15, 0.2) is 0 Å². The molecule has 0 aromatic carbocycles. The third-order valence-corrected chi connectivity index (χ3v) is 4.12. The van der Waals surface area contributed by atoms with E-state index in [4.69, 9.17) is 9.47 Å². The fourth-order valence-electron chi connectivity index (χ4n) is 2.64. The number of hydrogen-bond acceptors (Lipinski definition) is 4. The van der Waals surface area contributed by atoms with Gasteiger partial charge in [-0.2, -0.15) is 0 Å². The molecule has 0 aromatic rings. The second-order valence-corrected chi connectivity index (χ2v) is 5.98. The molecule has 1 amide bonds. The van der Waals surface area contributed by atoms with Gasteiger partial charge in [0, 0.05) is 39.0 Å². The van der Waals surface area contributed by atoms with Gasteiger partial charge in [-0.15, -0.1) is 0 Å². The molecule has 0 radical (unpaired) electrons. The van der Waals surface area contributed by atoms with Gasteiger partial charge in [-0.1, -0.05) is 6.92 Å². The maximum Gasteiger partial charge on any atom is 0.234 e. The lowest BCUT2D eigenvalue weighted by Gasteiger charge is -2.33. The quantitative estimate of drug-likeness (QED) is 0.771. The van der Waals surface area contributed by atoms with E-state index in [9.17, 15) is 4.79 Å². The molecular formula is C14H26N2O3. The minimum absolute atomic E-state index is 0.0996. The van der Waals surface area contributed by atoms with Gasteiger partial charge in [0.25, 0.3) is 0 Å². The third kappa shape index (κ3) is 5.09. The summed E-state index contributed by atoms with van der Waals surface area (Å²) in [5.74, 6) is 0.0996. The van der Waals surface area contributed by atoms with E-state index in [1.807, 2.05) is 0 Å². The van der Waals surface area contributed by atoms with Gasteiger partial charge in [-0.25, -0.2) is 0 Å². The first-order chi connectivity index (χ1) is 9.18. The molecule has 0 saturated carbocycles. The molecule has 19 heavy (non-hydrogen) atoms. The highest BCUT2D eigenvalue weighted by atomic mass is 16.5. The molecule has 0 aromatic heterocycles. The Morgan fingerprint density at radius 2 is 1.79 bits per heavy atom. The Morgan fingerprint density at radius 3 is 2.47 bits per heavy atom. The second kappa shape index (κ2) is 7.22. The summed E-state index contributed by atoms with van der Waals surface area (Å²) in [6, 6.07) is 0.293. The lowest BCUT2D eigenvalue weighted by Crippen LogP contribution is -2.45. The number of nitrogens with one attached hydrogen (secondary N) is 2. The summed E-state index contributed by atoms with van der Waals surface area (Å²) >= 11 is 0. The topological polar surface area (TPSA) is 59.6 Å². The molecule has 5 heteroatoms. The molecule has 2 fully saturated rings. The highest BCUT2D eigenvalue weighted by Crippen LogP contribution is 2.28. The first-order valence-corrected chi connectivity index (χ1v) is 7.34. The van der Waals surface area contributed by atoms with Crippen molar-refractivity contribution in [1.82, 2.24) is 10.6 Å². The van der Waals surface area contributed by atoms with Gasteiger partial charge in [-0.05, 0) is 31.1 Å². The van der Waals surface area contributed by atoms with Crippen molar-refractivity contribution in [1.29, 1.82) is 0 Å². The van der Waals surface area contributed by atoms with Gasteiger partial charge in [0.05, 0.1) is 6.54 Å². The molecule has 2 N–H and O–H groups in total. The number of ether oxygens (including phenoxy) is 2. The second-order valence-electron chi connectivity index (χ2n) is 5.98. The van der Waals surface area contributed by atoms with Crippen molar-refractivity contribution < 1.29 is 14.3 Å². The molecule has 0 bridgehead atoms. The van der Waals surface area contributed by atoms with Crippen LogP contribution >= 0.6 is 0 Å². The Bertz CT molecular complexity index is 284. The van der Waals surface area contributed by atoms with Crippen LogP contribution in [0, 0.1) is 5.41 Å². The molecule has 2 saturated heterocycles. The van der Waals surface area contributed by atoms with Gasteiger partial charge < -0.3 is 20.1 Å². The average Bonchev–Trinajstić information content (AvgIpc) is 2.40. The number of hydrogen-bond donors (Lipinski definition) is 2. The minimum atomic E-state index is 0.0996. The Hall–Kier alpha value is -0.650. The molecule has 0 spiro atoms. The Balaban J connectivity index is 1.60. The molecule has 0 aliphatic carbocycles. The van der Waals surface area contributed by atoms with E-state index in [1.54, 1.807) is 0 Å². The van der Waals surface area contributed by atoms with Crippen LogP contribution in [-0.4, -0.2) is 51.5 Å². The van der Waals surface area contributed by atoms with Crippen molar-refractivity contribution in [3.05, 3.63) is 0 Å². The lowest BCUT2D eigenvalue weighted by atomic mass is 9.82. The van der Waals surface area contributed by atoms with Crippen molar-refractivity contribution >= 4 is 5.91 Å². The van der Waals surface area contributed by atoms with Gasteiger partial charge in [0.1, 0.15) is 0 Å². The number of amides is 1. The lowest BCUT2D eigenvalue weighted by molar-refractivity contribution is -0.121. The molecule has 2 heterocycles. The van der Waals surface area contributed by atoms with Crippen LogP contribution in [0.4, 0.5) is 0 Å². The van der Waals surface area contributed by atoms with Gasteiger partial charge >= 0.3 is 0 Å². The number of carbonyl (C=O) groups is 1. The van der Waals surface area contributed by atoms with Crippen molar-refractivity contribution in [2.45, 2.75) is 38.6 Å². The zero-order valence-electron chi connectivity index (χ0n) is 11.9. The van der Waals surface area contributed by atoms with Crippen molar-refractivity contribution in [3.8, 4) is 0 Å². The Kier molecular flexibility index (Phi) is 5.60. The predicted octanol–water partition coefficient (Wildman–Crippen LogP) is 0.688. The summed E-state index contributed by atoms with van der Waals surface area (Å²) < 4.78 is 10.7. The van der Waals surface area contributed by atoms with Crippen LogP contribution in [-0.2, 0) is 14.3 Å². The summed E-state index contributed by atoms with van der Waals surface area (Å²) in [6.45, 7) is 6.76. The summed E-state index contributed by atoms with van der Waals surface area (Å²) in [5.41, 5.74) is 0.275. The van der Waals surface area contributed by atoms with E-state index < -0.39 is 0 Å². The monoisotopic (exact) mass is 270 g/mol. The van der Waals surface area contributed by atoms with Crippen LogP contribution in [0.5, 0.6) is 0 Å². The summed E-state index contributed by atoms with van der Waals surface area (Å²) in [4.78, 5) is 11.8. The summed E-state index contributed by atoms with van der Waals surface area (Å²) in [5, 5.41) is 6.35. The molecule has 110 valence electrons. The van der Waals surface area contributed by atoms with E-state index in [-0.39, 0.29) is 11.3 Å². The average molecular weight is 270 g/mol.